The number of amides is 1. The maximum absolute atomic E-state index is 12.5. The Balaban J connectivity index is 1.59. The first-order valence-electron chi connectivity index (χ1n) is 7.95. The smallest absolute Gasteiger partial charge is 0.263 e. The van der Waals surface area contributed by atoms with E-state index in [9.17, 15) is 4.79 Å². The van der Waals surface area contributed by atoms with Crippen molar-refractivity contribution < 1.29 is 13.9 Å². The second-order valence-electron chi connectivity index (χ2n) is 5.71. The van der Waals surface area contributed by atoms with Crippen LogP contribution in [-0.2, 0) is 11.3 Å². The van der Waals surface area contributed by atoms with E-state index in [1.807, 2.05) is 42.5 Å². The Hall–Kier alpha value is -3.15. The van der Waals surface area contributed by atoms with Crippen molar-refractivity contribution in [2.24, 2.45) is 0 Å². The second-order valence-corrected chi connectivity index (χ2v) is 5.71. The fraction of sp³-hybridized carbons (Fsp3) is 0.211. The van der Waals surface area contributed by atoms with Crippen molar-refractivity contribution >= 4 is 5.91 Å². The van der Waals surface area contributed by atoms with Gasteiger partial charge < -0.3 is 14.1 Å². The number of hydrogen-bond acceptors (Lipinski definition) is 5. The minimum Gasteiger partial charge on any atom is -0.481 e. The summed E-state index contributed by atoms with van der Waals surface area (Å²) in [4.78, 5) is 14.1. The van der Waals surface area contributed by atoms with Crippen LogP contribution >= 0.6 is 0 Å². The summed E-state index contributed by atoms with van der Waals surface area (Å²) in [5.74, 6) is 0.973. The lowest BCUT2D eigenvalue weighted by Crippen LogP contribution is -2.37. The van der Waals surface area contributed by atoms with Gasteiger partial charge in [0.1, 0.15) is 5.75 Å². The Kier molecular flexibility index (Phi) is 5.09. The highest BCUT2D eigenvalue weighted by atomic mass is 16.5. The first kappa shape index (κ1) is 16.7. The summed E-state index contributed by atoms with van der Waals surface area (Å²) in [6.07, 6.45) is 0.700. The Bertz CT molecular complexity index is 802. The van der Waals surface area contributed by atoms with E-state index in [0.29, 0.717) is 18.2 Å². The SMILES string of the molecule is C[C@@H](Oc1ccc(-c2nnco2)cc1)C(=O)N(C)Cc1ccccc1. The summed E-state index contributed by atoms with van der Waals surface area (Å²) < 4.78 is 10.9. The summed E-state index contributed by atoms with van der Waals surface area (Å²) in [5.41, 5.74) is 1.87. The number of likely N-dealkylation sites (N-methyl/N-ethyl adjacent to an activating group) is 1. The molecule has 0 aliphatic heterocycles. The highest BCUT2D eigenvalue weighted by Gasteiger charge is 2.19. The number of rotatable bonds is 6. The molecule has 0 saturated carbocycles. The van der Waals surface area contributed by atoms with E-state index >= 15 is 0 Å². The molecular formula is C19H19N3O3. The molecule has 128 valence electrons. The first-order chi connectivity index (χ1) is 12.1. The lowest BCUT2D eigenvalue weighted by Gasteiger charge is -2.22. The van der Waals surface area contributed by atoms with Crippen LogP contribution in [0.25, 0.3) is 11.5 Å². The molecular weight excluding hydrogens is 318 g/mol. The third-order valence-corrected chi connectivity index (χ3v) is 3.76. The average Bonchev–Trinajstić information content (AvgIpc) is 3.17. The number of benzene rings is 2. The van der Waals surface area contributed by atoms with E-state index in [4.69, 9.17) is 9.15 Å². The quantitative estimate of drug-likeness (QED) is 0.691. The van der Waals surface area contributed by atoms with Crippen LogP contribution in [0, 0.1) is 0 Å². The van der Waals surface area contributed by atoms with Gasteiger partial charge in [0.05, 0.1) is 0 Å². The summed E-state index contributed by atoms with van der Waals surface area (Å²) in [6, 6.07) is 17.0. The van der Waals surface area contributed by atoms with E-state index in [0.717, 1.165) is 11.1 Å². The van der Waals surface area contributed by atoms with Crippen molar-refractivity contribution in [3.05, 3.63) is 66.6 Å². The van der Waals surface area contributed by atoms with Gasteiger partial charge in [-0.1, -0.05) is 30.3 Å². The van der Waals surface area contributed by atoms with E-state index < -0.39 is 6.10 Å². The zero-order chi connectivity index (χ0) is 17.6. The van der Waals surface area contributed by atoms with E-state index in [1.54, 1.807) is 31.0 Å². The maximum atomic E-state index is 12.5. The van der Waals surface area contributed by atoms with Gasteiger partial charge in [-0.15, -0.1) is 10.2 Å². The van der Waals surface area contributed by atoms with Crippen LogP contribution in [0.4, 0.5) is 0 Å². The number of ether oxygens (including phenoxy) is 1. The molecule has 3 aromatic rings. The van der Waals surface area contributed by atoms with Gasteiger partial charge in [0.15, 0.2) is 6.10 Å². The van der Waals surface area contributed by atoms with E-state index in [2.05, 4.69) is 10.2 Å². The van der Waals surface area contributed by atoms with Crippen molar-refractivity contribution in [2.75, 3.05) is 7.05 Å². The van der Waals surface area contributed by atoms with Crippen LogP contribution in [0.2, 0.25) is 0 Å². The minimum atomic E-state index is -0.581. The Morgan fingerprint density at radius 1 is 1.16 bits per heavy atom. The number of aromatic nitrogens is 2. The Morgan fingerprint density at radius 3 is 2.52 bits per heavy atom. The van der Waals surface area contributed by atoms with E-state index in [1.165, 1.54) is 6.39 Å². The van der Waals surface area contributed by atoms with Crippen molar-refractivity contribution in [1.29, 1.82) is 0 Å². The zero-order valence-corrected chi connectivity index (χ0v) is 14.1. The van der Waals surface area contributed by atoms with Crippen LogP contribution in [0.5, 0.6) is 5.75 Å². The fourth-order valence-corrected chi connectivity index (χ4v) is 2.48. The van der Waals surface area contributed by atoms with E-state index in [-0.39, 0.29) is 5.91 Å². The number of carbonyl (C=O) groups is 1. The van der Waals surface area contributed by atoms with Gasteiger partial charge in [-0.05, 0) is 36.8 Å². The summed E-state index contributed by atoms with van der Waals surface area (Å²) in [5, 5.41) is 7.50. The number of carbonyl (C=O) groups excluding carboxylic acids is 1. The lowest BCUT2D eigenvalue weighted by molar-refractivity contribution is -0.137. The molecule has 0 aliphatic carbocycles. The molecule has 0 saturated heterocycles. The highest BCUT2D eigenvalue weighted by Crippen LogP contribution is 2.21. The molecule has 0 radical (unpaired) electrons. The van der Waals surface area contributed by atoms with Gasteiger partial charge >= 0.3 is 0 Å². The molecule has 1 heterocycles. The third-order valence-electron chi connectivity index (χ3n) is 3.76. The lowest BCUT2D eigenvalue weighted by atomic mass is 10.2. The molecule has 3 rings (SSSR count). The standard InChI is InChI=1S/C19H19N3O3/c1-14(19(23)22(2)12-15-6-4-3-5-7-15)25-17-10-8-16(9-11-17)18-21-20-13-24-18/h3-11,13-14H,12H2,1-2H3/t14-/m1/s1. The van der Waals surface area contributed by atoms with Crippen LogP contribution in [0.1, 0.15) is 12.5 Å². The molecule has 1 atom stereocenters. The van der Waals surface area contributed by atoms with Crippen molar-refractivity contribution in [2.45, 2.75) is 19.6 Å². The van der Waals surface area contributed by atoms with Gasteiger partial charge in [-0.25, -0.2) is 0 Å². The predicted octanol–water partition coefficient (Wildman–Crippen LogP) is 3.16. The number of hydrogen-bond donors (Lipinski definition) is 0. The fourth-order valence-electron chi connectivity index (χ4n) is 2.48. The molecule has 0 aliphatic rings. The Morgan fingerprint density at radius 2 is 1.88 bits per heavy atom. The summed E-state index contributed by atoms with van der Waals surface area (Å²) >= 11 is 0. The zero-order valence-electron chi connectivity index (χ0n) is 14.1. The molecule has 6 nitrogen and oxygen atoms in total. The average molecular weight is 337 g/mol. The second kappa shape index (κ2) is 7.61. The predicted molar refractivity (Wildman–Crippen MR) is 92.7 cm³/mol. The van der Waals surface area contributed by atoms with Crippen molar-refractivity contribution in [3.8, 4) is 17.2 Å². The normalized spacial score (nSPS) is 11.8. The van der Waals surface area contributed by atoms with Gasteiger partial charge in [0, 0.05) is 19.2 Å². The monoisotopic (exact) mass is 337 g/mol. The summed E-state index contributed by atoms with van der Waals surface area (Å²) in [6.45, 7) is 2.29. The van der Waals surface area contributed by atoms with Gasteiger partial charge in [-0.2, -0.15) is 0 Å². The van der Waals surface area contributed by atoms with Crippen molar-refractivity contribution in [3.63, 3.8) is 0 Å². The maximum Gasteiger partial charge on any atom is 0.263 e. The van der Waals surface area contributed by atoms with Crippen molar-refractivity contribution in [1.82, 2.24) is 15.1 Å². The molecule has 1 aromatic heterocycles. The molecule has 2 aromatic carbocycles. The Labute approximate surface area is 146 Å². The molecule has 0 spiro atoms. The molecule has 0 unspecified atom stereocenters. The topological polar surface area (TPSA) is 68.5 Å². The molecule has 0 bridgehead atoms. The van der Waals surface area contributed by atoms with Gasteiger partial charge in [-0.3, -0.25) is 4.79 Å². The van der Waals surface area contributed by atoms with Crippen LogP contribution < -0.4 is 4.74 Å². The van der Waals surface area contributed by atoms with Crippen LogP contribution in [0.15, 0.2) is 65.4 Å². The minimum absolute atomic E-state index is 0.0789. The molecule has 1 amide bonds. The van der Waals surface area contributed by atoms with Gasteiger partial charge in [0.25, 0.3) is 5.91 Å². The highest BCUT2D eigenvalue weighted by molar-refractivity contribution is 5.80. The summed E-state index contributed by atoms with van der Waals surface area (Å²) in [7, 11) is 1.77. The van der Waals surface area contributed by atoms with Crippen LogP contribution in [-0.4, -0.2) is 34.2 Å². The largest absolute Gasteiger partial charge is 0.481 e. The molecule has 0 N–H and O–H groups in total. The molecule has 25 heavy (non-hydrogen) atoms. The third kappa shape index (κ3) is 4.23. The molecule has 6 heteroatoms. The first-order valence-corrected chi connectivity index (χ1v) is 7.95. The molecule has 0 fully saturated rings. The number of nitrogens with zero attached hydrogens (tertiary/aromatic N) is 3. The van der Waals surface area contributed by atoms with Gasteiger partial charge in [0.2, 0.25) is 12.3 Å². The van der Waals surface area contributed by atoms with Crippen LogP contribution in [0.3, 0.4) is 0 Å².